The third kappa shape index (κ3) is 1.72. The lowest BCUT2D eigenvalue weighted by Gasteiger charge is -2.03. The molecule has 0 aromatic heterocycles. The summed E-state index contributed by atoms with van der Waals surface area (Å²) in [5.74, 6) is -1.18. The fourth-order valence-electron chi connectivity index (χ4n) is 1.09. The molecule has 0 N–H and O–H groups in total. The van der Waals surface area contributed by atoms with Crippen LogP contribution in [0.25, 0.3) is 0 Å². The van der Waals surface area contributed by atoms with E-state index in [1.807, 2.05) is 0 Å². The van der Waals surface area contributed by atoms with E-state index in [0.29, 0.717) is 0 Å². The molecule has 0 aliphatic heterocycles. The Morgan fingerprint density at radius 2 is 2.21 bits per heavy atom. The summed E-state index contributed by atoms with van der Waals surface area (Å²) in [4.78, 5) is 11.1. The van der Waals surface area contributed by atoms with Crippen molar-refractivity contribution in [3.63, 3.8) is 0 Å². The van der Waals surface area contributed by atoms with Crippen LogP contribution in [0.4, 0.5) is 4.39 Å². The monoisotopic (exact) mass is 193 g/mol. The van der Waals surface area contributed by atoms with Crippen LogP contribution >= 0.6 is 0 Å². The van der Waals surface area contributed by atoms with Crippen LogP contribution in [0.2, 0.25) is 0 Å². The van der Waals surface area contributed by atoms with Crippen LogP contribution in [0.15, 0.2) is 12.1 Å². The minimum Gasteiger partial charge on any atom is -0.465 e. The molecule has 0 atom stereocenters. The molecule has 0 saturated carbocycles. The Balaban J connectivity index is 3.32. The normalized spacial score (nSPS) is 9.29. The average molecular weight is 193 g/mol. The van der Waals surface area contributed by atoms with E-state index in [2.05, 4.69) is 4.74 Å². The Bertz CT molecular complexity index is 421. The minimum atomic E-state index is -0.597. The van der Waals surface area contributed by atoms with Crippen molar-refractivity contribution < 1.29 is 13.9 Å². The predicted octanol–water partition coefficient (Wildman–Crippen LogP) is 1.79. The summed E-state index contributed by atoms with van der Waals surface area (Å²) in [7, 11) is 1.23. The molecule has 0 spiro atoms. The molecule has 1 rings (SSSR count). The zero-order valence-corrected chi connectivity index (χ0v) is 7.80. The van der Waals surface area contributed by atoms with Gasteiger partial charge in [-0.15, -0.1) is 0 Å². The van der Waals surface area contributed by atoms with Crippen molar-refractivity contribution in [2.45, 2.75) is 6.92 Å². The van der Waals surface area contributed by atoms with Crippen LogP contribution < -0.4 is 0 Å². The van der Waals surface area contributed by atoms with Crippen LogP contribution in [0.3, 0.4) is 0 Å². The van der Waals surface area contributed by atoms with Crippen molar-refractivity contribution in [3.8, 4) is 6.07 Å². The standard InChI is InChI=1S/C10H8FNO2/c1-6-3-7(10(13)14-2)4-8(5-12)9(6)11/h3-4H,1-2H3. The minimum absolute atomic E-state index is 0.148. The van der Waals surface area contributed by atoms with Gasteiger partial charge in [0.1, 0.15) is 11.9 Å². The molecule has 14 heavy (non-hydrogen) atoms. The lowest BCUT2D eigenvalue weighted by molar-refractivity contribution is 0.0600. The van der Waals surface area contributed by atoms with Gasteiger partial charge in [0.15, 0.2) is 0 Å². The second-order valence-corrected chi connectivity index (χ2v) is 2.76. The number of rotatable bonds is 1. The molecule has 0 unspecified atom stereocenters. The fourth-order valence-corrected chi connectivity index (χ4v) is 1.09. The molecule has 1 aromatic rings. The number of carbonyl (C=O) groups excluding carboxylic acids is 1. The number of hydrogen-bond acceptors (Lipinski definition) is 3. The highest BCUT2D eigenvalue weighted by Gasteiger charge is 2.12. The van der Waals surface area contributed by atoms with Crippen LogP contribution in [0.1, 0.15) is 21.5 Å². The Morgan fingerprint density at radius 1 is 1.57 bits per heavy atom. The second-order valence-electron chi connectivity index (χ2n) is 2.76. The maximum Gasteiger partial charge on any atom is 0.337 e. The quantitative estimate of drug-likeness (QED) is 0.639. The van der Waals surface area contributed by atoms with Gasteiger partial charge in [-0.1, -0.05) is 0 Å². The molecular weight excluding hydrogens is 185 g/mol. The Hall–Kier alpha value is -1.89. The van der Waals surface area contributed by atoms with Gasteiger partial charge in [0.25, 0.3) is 0 Å². The van der Waals surface area contributed by atoms with Gasteiger partial charge in [0.05, 0.1) is 18.2 Å². The summed E-state index contributed by atoms with van der Waals surface area (Å²) in [6.45, 7) is 1.49. The van der Waals surface area contributed by atoms with E-state index in [0.717, 1.165) is 0 Å². The molecule has 0 aliphatic carbocycles. The van der Waals surface area contributed by atoms with Crippen LogP contribution in [-0.4, -0.2) is 13.1 Å². The van der Waals surface area contributed by atoms with E-state index in [-0.39, 0.29) is 16.7 Å². The third-order valence-electron chi connectivity index (χ3n) is 1.80. The maximum absolute atomic E-state index is 13.2. The zero-order chi connectivity index (χ0) is 10.7. The first-order chi connectivity index (χ1) is 6.60. The third-order valence-corrected chi connectivity index (χ3v) is 1.80. The molecule has 0 radical (unpaired) electrons. The van der Waals surface area contributed by atoms with Crippen molar-refractivity contribution in [2.75, 3.05) is 7.11 Å². The van der Waals surface area contributed by atoms with Crippen LogP contribution in [0.5, 0.6) is 0 Å². The number of ether oxygens (including phenoxy) is 1. The molecule has 0 amide bonds. The smallest absolute Gasteiger partial charge is 0.337 e. The molecule has 4 heteroatoms. The first kappa shape index (κ1) is 10.2. The molecule has 0 bridgehead atoms. The molecule has 0 heterocycles. The van der Waals surface area contributed by atoms with Crippen molar-refractivity contribution in [1.82, 2.24) is 0 Å². The number of nitriles is 1. The first-order valence-electron chi connectivity index (χ1n) is 3.88. The average Bonchev–Trinajstić information content (AvgIpc) is 2.20. The van der Waals surface area contributed by atoms with E-state index in [1.54, 1.807) is 6.07 Å². The molecular formula is C10H8FNO2. The van der Waals surface area contributed by atoms with Crippen molar-refractivity contribution in [3.05, 3.63) is 34.6 Å². The van der Waals surface area contributed by atoms with Gasteiger partial charge < -0.3 is 4.74 Å². The number of esters is 1. The highest BCUT2D eigenvalue weighted by molar-refractivity contribution is 5.90. The molecule has 0 saturated heterocycles. The Morgan fingerprint density at radius 3 is 2.71 bits per heavy atom. The van der Waals surface area contributed by atoms with Crippen molar-refractivity contribution >= 4 is 5.97 Å². The molecule has 3 nitrogen and oxygen atoms in total. The van der Waals surface area contributed by atoms with Gasteiger partial charge in [0, 0.05) is 0 Å². The van der Waals surface area contributed by atoms with E-state index < -0.39 is 11.8 Å². The predicted molar refractivity (Wildman–Crippen MR) is 47.2 cm³/mol. The van der Waals surface area contributed by atoms with Gasteiger partial charge in [-0.05, 0) is 24.6 Å². The number of benzene rings is 1. The number of halogens is 1. The van der Waals surface area contributed by atoms with Crippen molar-refractivity contribution in [2.24, 2.45) is 0 Å². The highest BCUT2D eigenvalue weighted by atomic mass is 19.1. The Kier molecular flexibility index (Phi) is 2.82. The largest absolute Gasteiger partial charge is 0.465 e. The maximum atomic E-state index is 13.2. The number of aryl methyl sites for hydroxylation is 1. The lowest BCUT2D eigenvalue weighted by atomic mass is 10.1. The van der Waals surface area contributed by atoms with Gasteiger partial charge in [-0.2, -0.15) is 5.26 Å². The molecule has 72 valence electrons. The number of hydrogen-bond donors (Lipinski definition) is 0. The molecule has 0 aliphatic rings. The molecule has 1 aromatic carbocycles. The second kappa shape index (κ2) is 3.88. The lowest BCUT2D eigenvalue weighted by Crippen LogP contribution is -2.03. The van der Waals surface area contributed by atoms with Gasteiger partial charge in [-0.25, -0.2) is 9.18 Å². The molecule has 0 fully saturated rings. The van der Waals surface area contributed by atoms with Gasteiger partial charge in [0.2, 0.25) is 0 Å². The van der Waals surface area contributed by atoms with E-state index >= 15 is 0 Å². The van der Waals surface area contributed by atoms with Gasteiger partial charge in [-0.3, -0.25) is 0 Å². The zero-order valence-electron chi connectivity index (χ0n) is 7.80. The summed E-state index contributed by atoms with van der Waals surface area (Å²) in [5.41, 5.74) is 0.290. The summed E-state index contributed by atoms with van der Waals surface area (Å²) >= 11 is 0. The topological polar surface area (TPSA) is 50.1 Å². The highest BCUT2D eigenvalue weighted by Crippen LogP contribution is 2.15. The fraction of sp³-hybridized carbons (Fsp3) is 0.200. The summed E-state index contributed by atoms with van der Waals surface area (Å²) in [6.07, 6.45) is 0. The van der Waals surface area contributed by atoms with Crippen LogP contribution in [-0.2, 0) is 4.74 Å². The Labute approximate surface area is 80.7 Å². The van der Waals surface area contributed by atoms with Gasteiger partial charge >= 0.3 is 5.97 Å². The van der Waals surface area contributed by atoms with E-state index in [1.165, 1.54) is 26.2 Å². The van der Waals surface area contributed by atoms with Crippen LogP contribution in [0, 0.1) is 24.1 Å². The number of methoxy groups -OCH3 is 1. The summed E-state index contributed by atoms with van der Waals surface area (Å²) < 4.78 is 17.6. The first-order valence-corrected chi connectivity index (χ1v) is 3.88. The summed E-state index contributed by atoms with van der Waals surface area (Å²) in [5, 5.41) is 8.58. The van der Waals surface area contributed by atoms with Crippen molar-refractivity contribution in [1.29, 1.82) is 5.26 Å². The number of nitrogens with zero attached hydrogens (tertiary/aromatic N) is 1. The van der Waals surface area contributed by atoms with E-state index in [4.69, 9.17) is 5.26 Å². The summed E-state index contributed by atoms with van der Waals surface area (Å²) in [6, 6.07) is 4.20. The number of carbonyl (C=O) groups is 1. The van der Waals surface area contributed by atoms with E-state index in [9.17, 15) is 9.18 Å². The SMILES string of the molecule is COC(=O)c1cc(C)c(F)c(C#N)c1.